The summed E-state index contributed by atoms with van der Waals surface area (Å²) in [7, 11) is 0. The molecule has 4 rings (SSSR count). The van der Waals surface area contributed by atoms with Crippen molar-refractivity contribution in [2.24, 2.45) is 11.8 Å². The minimum absolute atomic E-state index is 0.220. The molecule has 0 amide bonds. The summed E-state index contributed by atoms with van der Waals surface area (Å²) >= 11 is 0. The lowest BCUT2D eigenvalue weighted by Gasteiger charge is -2.41. The van der Waals surface area contributed by atoms with Crippen LogP contribution in [0, 0.1) is 11.8 Å². The third kappa shape index (κ3) is 3.90. The van der Waals surface area contributed by atoms with Gasteiger partial charge < -0.3 is 9.84 Å². The second kappa shape index (κ2) is 7.36. The van der Waals surface area contributed by atoms with Crippen molar-refractivity contribution in [3.8, 4) is 0 Å². The number of ether oxygens (including phenoxy) is 1. The fraction of sp³-hybridized carbons (Fsp3) is 1.00. The van der Waals surface area contributed by atoms with Crippen LogP contribution in [-0.2, 0) is 4.74 Å². The van der Waals surface area contributed by atoms with Gasteiger partial charge in [-0.1, -0.05) is 6.42 Å². The van der Waals surface area contributed by atoms with E-state index in [2.05, 4.69) is 14.7 Å². The van der Waals surface area contributed by atoms with Gasteiger partial charge >= 0.3 is 0 Å². The van der Waals surface area contributed by atoms with Gasteiger partial charge in [-0.25, -0.2) is 0 Å². The summed E-state index contributed by atoms with van der Waals surface area (Å²) in [4.78, 5) is 7.56. The molecule has 2 bridgehead atoms. The highest BCUT2D eigenvalue weighted by atomic mass is 16.5. The highest BCUT2D eigenvalue weighted by Gasteiger charge is 2.42. The zero-order valence-corrected chi connectivity index (χ0v) is 14.4. The number of aliphatic hydroxyl groups is 1. The van der Waals surface area contributed by atoms with Crippen LogP contribution in [0.2, 0.25) is 0 Å². The van der Waals surface area contributed by atoms with Gasteiger partial charge in [0.25, 0.3) is 0 Å². The Morgan fingerprint density at radius 3 is 2.17 bits per heavy atom. The maximum Gasteiger partial charge on any atom is 0.0793 e. The third-order valence-electron chi connectivity index (χ3n) is 6.62. The summed E-state index contributed by atoms with van der Waals surface area (Å²) in [6.45, 7) is 9.88. The molecule has 0 radical (unpaired) electrons. The van der Waals surface area contributed by atoms with Crippen LogP contribution in [-0.4, -0.2) is 97.5 Å². The molecule has 2 heterocycles. The molecule has 23 heavy (non-hydrogen) atoms. The Hall–Kier alpha value is -0.200. The van der Waals surface area contributed by atoms with Crippen LogP contribution >= 0.6 is 0 Å². The average molecular weight is 323 g/mol. The fourth-order valence-electron chi connectivity index (χ4n) is 5.37. The summed E-state index contributed by atoms with van der Waals surface area (Å²) in [6.07, 6.45) is 5.72. The van der Waals surface area contributed by atoms with Gasteiger partial charge in [0.15, 0.2) is 0 Å². The summed E-state index contributed by atoms with van der Waals surface area (Å²) in [5.41, 5.74) is 0. The molecule has 5 nitrogen and oxygen atoms in total. The van der Waals surface area contributed by atoms with E-state index in [1.807, 2.05) is 0 Å². The predicted octanol–water partition coefficient (Wildman–Crippen LogP) is 0.486. The van der Waals surface area contributed by atoms with Crippen molar-refractivity contribution in [3.05, 3.63) is 0 Å². The average Bonchev–Trinajstić information content (AvgIpc) is 3.19. The first-order valence-corrected chi connectivity index (χ1v) is 9.72. The molecule has 4 fully saturated rings. The molecule has 0 aromatic carbocycles. The van der Waals surface area contributed by atoms with Gasteiger partial charge in [0.2, 0.25) is 0 Å². The van der Waals surface area contributed by atoms with Crippen LogP contribution in [0.3, 0.4) is 0 Å². The van der Waals surface area contributed by atoms with Crippen molar-refractivity contribution in [3.63, 3.8) is 0 Å². The van der Waals surface area contributed by atoms with Gasteiger partial charge in [0, 0.05) is 58.4 Å². The minimum atomic E-state index is -0.220. The molecule has 5 heteroatoms. The number of aliphatic hydroxyl groups excluding tert-OH is 1. The first-order chi connectivity index (χ1) is 11.3. The smallest absolute Gasteiger partial charge is 0.0793 e. The van der Waals surface area contributed by atoms with E-state index in [0.29, 0.717) is 0 Å². The van der Waals surface area contributed by atoms with E-state index in [9.17, 15) is 5.11 Å². The van der Waals surface area contributed by atoms with E-state index in [0.717, 1.165) is 70.4 Å². The largest absolute Gasteiger partial charge is 0.390 e. The third-order valence-corrected chi connectivity index (χ3v) is 6.62. The first kappa shape index (κ1) is 16.3. The van der Waals surface area contributed by atoms with Gasteiger partial charge in [0.1, 0.15) is 0 Å². The van der Waals surface area contributed by atoms with Crippen LogP contribution in [0.4, 0.5) is 0 Å². The van der Waals surface area contributed by atoms with Crippen molar-refractivity contribution < 1.29 is 9.84 Å². The second-order valence-corrected chi connectivity index (χ2v) is 8.15. The normalized spacial score (nSPS) is 38.2. The Kier molecular flexibility index (Phi) is 5.21. The summed E-state index contributed by atoms with van der Waals surface area (Å²) in [6, 6.07) is 0.883. The lowest BCUT2D eigenvalue weighted by Crippen LogP contribution is -2.54. The molecule has 2 aliphatic heterocycles. The Morgan fingerprint density at radius 2 is 1.57 bits per heavy atom. The number of hydrogen-bond donors (Lipinski definition) is 1. The number of hydrogen-bond acceptors (Lipinski definition) is 5. The molecule has 4 unspecified atom stereocenters. The van der Waals surface area contributed by atoms with Crippen LogP contribution < -0.4 is 0 Å². The first-order valence-electron chi connectivity index (χ1n) is 9.72. The van der Waals surface area contributed by atoms with Crippen molar-refractivity contribution in [2.45, 2.75) is 37.8 Å². The van der Waals surface area contributed by atoms with E-state index in [1.54, 1.807) is 0 Å². The van der Waals surface area contributed by atoms with Crippen molar-refractivity contribution in [2.75, 3.05) is 65.6 Å². The zero-order chi connectivity index (χ0) is 15.6. The van der Waals surface area contributed by atoms with E-state index in [4.69, 9.17) is 4.74 Å². The molecule has 2 aliphatic carbocycles. The summed E-state index contributed by atoms with van der Waals surface area (Å²) < 4.78 is 5.37. The van der Waals surface area contributed by atoms with Crippen LogP contribution in [0.5, 0.6) is 0 Å². The predicted molar refractivity (Wildman–Crippen MR) is 90.5 cm³/mol. The SMILES string of the molecule is OC(CN1CCOCC1)CN1CCN(C2CC3CCC2C3)CC1. The minimum Gasteiger partial charge on any atom is -0.390 e. The van der Waals surface area contributed by atoms with Crippen molar-refractivity contribution in [1.82, 2.24) is 14.7 Å². The number of fused-ring (bicyclic) bond motifs is 2. The highest BCUT2D eigenvalue weighted by Crippen LogP contribution is 2.46. The van der Waals surface area contributed by atoms with Gasteiger partial charge in [-0.05, 0) is 31.1 Å². The number of β-amino-alcohol motifs (C(OH)–C–C–N with tert-alkyl or cyclic N) is 1. The lowest BCUT2D eigenvalue weighted by molar-refractivity contribution is -0.00135. The van der Waals surface area contributed by atoms with Gasteiger partial charge in [0.05, 0.1) is 19.3 Å². The van der Waals surface area contributed by atoms with E-state index in [1.165, 1.54) is 38.8 Å². The van der Waals surface area contributed by atoms with Crippen molar-refractivity contribution >= 4 is 0 Å². The summed E-state index contributed by atoms with van der Waals surface area (Å²) in [5, 5.41) is 10.4. The number of rotatable bonds is 5. The lowest BCUT2D eigenvalue weighted by atomic mass is 9.93. The van der Waals surface area contributed by atoms with Crippen LogP contribution in [0.15, 0.2) is 0 Å². The fourth-order valence-corrected chi connectivity index (χ4v) is 5.37. The van der Waals surface area contributed by atoms with E-state index >= 15 is 0 Å². The second-order valence-electron chi connectivity index (χ2n) is 8.15. The zero-order valence-electron chi connectivity index (χ0n) is 14.4. The topological polar surface area (TPSA) is 39.2 Å². The molecule has 2 saturated heterocycles. The Bertz CT molecular complexity index is 380. The molecule has 1 N–H and O–H groups in total. The molecule has 132 valence electrons. The summed E-state index contributed by atoms with van der Waals surface area (Å²) in [5.74, 6) is 2.04. The molecular weight excluding hydrogens is 290 g/mol. The molecule has 4 aliphatic rings. The van der Waals surface area contributed by atoms with Gasteiger partial charge in [-0.15, -0.1) is 0 Å². The van der Waals surface area contributed by atoms with E-state index in [-0.39, 0.29) is 6.10 Å². The molecule has 0 spiro atoms. The van der Waals surface area contributed by atoms with Crippen LogP contribution in [0.25, 0.3) is 0 Å². The molecule has 2 saturated carbocycles. The van der Waals surface area contributed by atoms with Gasteiger partial charge in [-0.2, -0.15) is 0 Å². The van der Waals surface area contributed by atoms with Crippen LogP contribution in [0.1, 0.15) is 25.7 Å². The molecule has 0 aromatic rings. The quantitative estimate of drug-likeness (QED) is 0.797. The maximum atomic E-state index is 10.4. The van der Waals surface area contributed by atoms with Gasteiger partial charge in [-0.3, -0.25) is 14.7 Å². The highest BCUT2D eigenvalue weighted by molar-refractivity contribution is 4.96. The Labute approximate surface area is 140 Å². The standard InChI is InChI=1S/C18H33N3O2/c22-17(14-20-7-9-23-10-8-20)13-19-3-5-21(6-4-19)18-12-15-1-2-16(18)11-15/h15-18,22H,1-14H2. The molecule has 4 atom stereocenters. The molecular formula is C18H33N3O2. The van der Waals surface area contributed by atoms with E-state index < -0.39 is 0 Å². The maximum absolute atomic E-state index is 10.4. The Morgan fingerprint density at radius 1 is 0.870 bits per heavy atom. The monoisotopic (exact) mass is 323 g/mol. The number of morpholine rings is 1. The molecule has 0 aromatic heterocycles. The number of piperazine rings is 1. The Balaban J connectivity index is 1.17. The number of nitrogens with zero attached hydrogens (tertiary/aromatic N) is 3. The van der Waals surface area contributed by atoms with Crippen molar-refractivity contribution in [1.29, 1.82) is 0 Å².